The van der Waals surface area contributed by atoms with Crippen LogP contribution in [0.1, 0.15) is 40.0 Å². The molecule has 0 atom stereocenters. The first-order valence-electron chi connectivity index (χ1n) is 15.4. The first kappa shape index (κ1) is 37.5. The maximum atomic E-state index is 11.4. The fourth-order valence-electron chi connectivity index (χ4n) is 4.71. The van der Waals surface area contributed by atoms with Crippen molar-refractivity contribution in [3.63, 3.8) is 0 Å². The average molecular weight is 634 g/mol. The summed E-state index contributed by atoms with van der Waals surface area (Å²) in [5.41, 5.74) is 0. The van der Waals surface area contributed by atoms with Gasteiger partial charge in [-0.3, -0.25) is 9.59 Å². The lowest BCUT2D eigenvalue weighted by Gasteiger charge is -2.43. The number of ether oxygens (including phenoxy) is 5. The van der Waals surface area contributed by atoms with E-state index in [9.17, 15) is 9.59 Å². The molecule has 0 aromatic heterocycles. The molecule has 11 heteroatoms. The van der Waals surface area contributed by atoms with Crippen molar-refractivity contribution in [1.82, 2.24) is 5.32 Å². The molecule has 0 aliphatic rings. The second kappa shape index (κ2) is 22.0. The Labute approximate surface area is 263 Å². The molecule has 0 spiro atoms. The quantitative estimate of drug-likeness (QED) is 0.126. The molecule has 0 saturated carbocycles. The van der Waals surface area contributed by atoms with Gasteiger partial charge in [-0.15, -0.1) is 0 Å². The second-order valence-corrected chi connectivity index (χ2v) is 15.5. The summed E-state index contributed by atoms with van der Waals surface area (Å²) in [6.07, 6.45) is 0.490. The summed E-state index contributed by atoms with van der Waals surface area (Å²) < 4.78 is 34.7. The molecule has 0 bridgehead atoms. The van der Waals surface area contributed by atoms with Crippen LogP contribution in [0.15, 0.2) is 60.7 Å². The van der Waals surface area contributed by atoms with Crippen molar-refractivity contribution < 1.29 is 42.8 Å². The third-order valence-electron chi connectivity index (χ3n) is 6.80. The molecule has 2 N–H and O–H groups in total. The van der Waals surface area contributed by atoms with Gasteiger partial charge in [-0.05, 0) is 21.8 Å². The monoisotopic (exact) mass is 633 g/mol. The van der Waals surface area contributed by atoms with Crippen molar-refractivity contribution in [2.45, 2.75) is 45.1 Å². The maximum absolute atomic E-state index is 11.4. The molecule has 2 rings (SSSR count). The largest absolute Gasteiger partial charge is 0.481 e. The molecule has 10 nitrogen and oxygen atoms in total. The zero-order valence-corrected chi connectivity index (χ0v) is 27.6. The molecule has 2 aromatic carbocycles. The number of rotatable bonds is 25. The lowest BCUT2D eigenvalue weighted by molar-refractivity contribution is -0.138. The van der Waals surface area contributed by atoms with E-state index in [4.69, 9.17) is 33.2 Å². The van der Waals surface area contributed by atoms with Crippen LogP contribution in [0.5, 0.6) is 0 Å². The van der Waals surface area contributed by atoms with Crippen LogP contribution in [0, 0.1) is 0 Å². The van der Waals surface area contributed by atoms with Gasteiger partial charge in [0, 0.05) is 19.6 Å². The number of carbonyl (C=O) groups excluding carboxylic acids is 1. The number of carboxylic acid groups (broad SMARTS) is 1. The van der Waals surface area contributed by atoms with E-state index in [1.54, 1.807) is 0 Å². The second-order valence-electron chi connectivity index (χ2n) is 11.2. The van der Waals surface area contributed by atoms with Gasteiger partial charge in [0.2, 0.25) is 5.91 Å². The van der Waals surface area contributed by atoms with Crippen LogP contribution in [-0.2, 0) is 37.7 Å². The molecule has 0 heterocycles. The Morgan fingerprint density at radius 1 is 0.636 bits per heavy atom. The molecule has 2 aromatic rings. The summed E-state index contributed by atoms with van der Waals surface area (Å²) in [5.74, 6) is -1.24. The minimum atomic E-state index is -2.54. The van der Waals surface area contributed by atoms with Crippen LogP contribution in [0.4, 0.5) is 0 Å². The standard InChI is InChI=1S/C33H51NO9Si/c1-33(2,3)44(29-11-6-4-7-12-29,30-13-8-5-9-14-30)43-28-27-42-26-25-41-24-23-40-22-21-39-20-19-38-18-10-17-34-31(35)15-16-32(36)37/h4-9,11-14H,10,15-28H2,1-3H3,(H,34,35)(H,36,37). The summed E-state index contributed by atoms with van der Waals surface area (Å²) in [6, 6.07) is 21.2. The third-order valence-corrected chi connectivity index (χ3v) is 11.8. The fourth-order valence-corrected chi connectivity index (χ4v) is 9.25. The van der Waals surface area contributed by atoms with Crippen molar-refractivity contribution in [1.29, 1.82) is 0 Å². The number of benzene rings is 2. The Hall–Kier alpha value is -2.64. The van der Waals surface area contributed by atoms with Gasteiger partial charge in [0.1, 0.15) is 0 Å². The van der Waals surface area contributed by atoms with Gasteiger partial charge < -0.3 is 38.5 Å². The van der Waals surface area contributed by atoms with E-state index in [1.165, 1.54) is 10.4 Å². The number of carboxylic acids is 1. The van der Waals surface area contributed by atoms with E-state index in [1.807, 2.05) is 12.1 Å². The van der Waals surface area contributed by atoms with Crippen LogP contribution in [0.25, 0.3) is 0 Å². The van der Waals surface area contributed by atoms with Gasteiger partial charge >= 0.3 is 5.97 Å². The zero-order chi connectivity index (χ0) is 31.9. The lowest BCUT2D eigenvalue weighted by atomic mass is 10.2. The van der Waals surface area contributed by atoms with Gasteiger partial charge in [0.15, 0.2) is 0 Å². The Bertz CT molecular complexity index is 995. The minimum absolute atomic E-state index is 0.00610. The van der Waals surface area contributed by atoms with Gasteiger partial charge in [0.25, 0.3) is 8.32 Å². The predicted octanol–water partition coefficient (Wildman–Crippen LogP) is 3.02. The SMILES string of the molecule is CC(C)(C)[Si](OCCOCCOCCOCCOCCOCCCNC(=O)CCC(=O)O)(c1ccccc1)c1ccccc1. The zero-order valence-electron chi connectivity index (χ0n) is 26.6. The van der Waals surface area contributed by atoms with E-state index in [0.717, 1.165) is 0 Å². The molecular formula is C33H51NO9Si. The smallest absolute Gasteiger partial charge is 0.303 e. The van der Waals surface area contributed by atoms with E-state index in [2.05, 4.69) is 74.6 Å². The molecule has 246 valence electrons. The molecule has 0 fully saturated rings. The highest BCUT2D eigenvalue weighted by Gasteiger charge is 2.49. The Morgan fingerprint density at radius 3 is 1.45 bits per heavy atom. The summed E-state index contributed by atoms with van der Waals surface area (Å²) in [4.78, 5) is 21.8. The average Bonchev–Trinajstić information content (AvgIpc) is 3.01. The van der Waals surface area contributed by atoms with Crippen LogP contribution in [0.2, 0.25) is 5.04 Å². The minimum Gasteiger partial charge on any atom is -0.481 e. The Morgan fingerprint density at radius 2 is 1.05 bits per heavy atom. The summed E-state index contributed by atoms with van der Waals surface area (Å²) in [7, 11) is -2.54. The maximum Gasteiger partial charge on any atom is 0.303 e. The molecule has 0 saturated heterocycles. The molecule has 1 amide bonds. The van der Waals surface area contributed by atoms with Gasteiger partial charge in [0.05, 0.1) is 72.5 Å². The fraction of sp³-hybridized carbons (Fsp3) is 0.576. The predicted molar refractivity (Wildman–Crippen MR) is 172 cm³/mol. The molecule has 0 aliphatic carbocycles. The summed E-state index contributed by atoms with van der Waals surface area (Å²) in [5, 5.41) is 13.7. The molecule has 44 heavy (non-hydrogen) atoms. The first-order chi connectivity index (χ1) is 21.3. The van der Waals surface area contributed by atoms with E-state index < -0.39 is 14.3 Å². The van der Waals surface area contributed by atoms with Crippen LogP contribution in [-0.4, -0.2) is 105 Å². The van der Waals surface area contributed by atoms with E-state index >= 15 is 0 Å². The molecule has 0 aliphatic heterocycles. The van der Waals surface area contributed by atoms with Crippen LogP contribution in [0.3, 0.4) is 0 Å². The lowest BCUT2D eigenvalue weighted by Crippen LogP contribution is -2.66. The van der Waals surface area contributed by atoms with Crippen molar-refractivity contribution in [3.8, 4) is 0 Å². The van der Waals surface area contributed by atoms with Crippen molar-refractivity contribution in [3.05, 3.63) is 60.7 Å². The van der Waals surface area contributed by atoms with E-state index in [-0.39, 0.29) is 23.8 Å². The molecular weight excluding hydrogens is 582 g/mol. The number of aliphatic carboxylic acids is 1. The summed E-state index contributed by atoms with van der Waals surface area (Å²) >= 11 is 0. The normalized spacial score (nSPS) is 11.9. The molecule has 0 unspecified atom stereocenters. The highest BCUT2D eigenvalue weighted by Crippen LogP contribution is 2.36. The van der Waals surface area contributed by atoms with Crippen molar-refractivity contribution in [2.24, 2.45) is 0 Å². The highest BCUT2D eigenvalue weighted by molar-refractivity contribution is 6.99. The van der Waals surface area contributed by atoms with Crippen LogP contribution >= 0.6 is 0 Å². The van der Waals surface area contributed by atoms with Gasteiger partial charge in [-0.1, -0.05) is 81.4 Å². The Balaban J connectivity index is 1.46. The Kier molecular flexibility index (Phi) is 18.7. The van der Waals surface area contributed by atoms with Gasteiger partial charge in [-0.2, -0.15) is 0 Å². The van der Waals surface area contributed by atoms with Crippen molar-refractivity contribution in [2.75, 3.05) is 79.2 Å². The van der Waals surface area contributed by atoms with E-state index in [0.29, 0.717) is 85.6 Å². The van der Waals surface area contributed by atoms with Crippen molar-refractivity contribution >= 4 is 30.6 Å². The first-order valence-corrected chi connectivity index (χ1v) is 17.3. The van der Waals surface area contributed by atoms with Crippen LogP contribution < -0.4 is 15.7 Å². The number of nitrogens with one attached hydrogen (secondary N) is 1. The topological polar surface area (TPSA) is 122 Å². The number of hydrogen-bond acceptors (Lipinski definition) is 8. The highest BCUT2D eigenvalue weighted by atomic mass is 28.4. The third kappa shape index (κ3) is 14.4. The van der Waals surface area contributed by atoms with Gasteiger partial charge in [-0.25, -0.2) is 0 Å². The summed E-state index contributed by atoms with van der Waals surface area (Å²) in [6.45, 7) is 12.6. The number of hydrogen-bond donors (Lipinski definition) is 2. The number of carbonyl (C=O) groups is 2. The molecule has 0 radical (unpaired) electrons. The number of amides is 1.